The van der Waals surface area contributed by atoms with Gasteiger partial charge in [0.15, 0.2) is 0 Å². The standard InChI is InChI=1S/C9H12N2O/c1-7-5-11-8(6-10-7)4-9(12)2-3-9/h5-6,12H,2-4H2,1H3. The lowest BCUT2D eigenvalue weighted by molar-refractivity contribution is 0.149. The number of aryl methyl sites for hydroxylation is 1. The van der Waals surface area contributed by atoms with Gasteiger partial charge in [-0.3, -0.25) is 9.97 Å². The van der Waals surface area contributed by atoms with Crippen molar-refractivity contribution in [2.45, 2.75) is 31.8 Å². The molecule has 1 heterocycles. The lowest BCUT2D eigenvalue weighted by atomic mass is 10.2. The van der Waals surface area contributed by atoms with E-state index in [9.17, 15) is 5.11 Å². The first-order valence-corrected chi connectivity index (χ1v) is 4.18. The summed E-state index contributed by atoms with van der Waals surface area (Å²) < 4.78 is 0. The van der Waals surface area contributed by atoms with Gasteiger partial charge < -0.3 is 5.11 Å². The molecule has 1 aliphatic carbocycles. The van der Waals surface area contributed by atoms with Gasteiger partial charge in [-0.2, -0.15) is 0 Å². The molecule has 1 fully saturated rings. The largest absolute Gasteiger partial charge is 0.389 e. The van der Waals surface area contributed by atoms with E-state index in [2.05, 4.69) is 9.97 Å². The molecule has 12 heavy (non-hydrogen) atoms. The SMILES string of the molecule is Cc1cnc(CC2(O)CC2)cn1. The van der Waals surface area contributed by atoms with Gasteiger partial charge in [0.1, 0.15) is 0 Å². The molecule has 0 radical (unpaired) electrons. The normalized spacial score (nSPS) is 19.2. The molecule has 0 saturated heterocycles. The van der Waals surface area contributed by atoms with Crippen molar-refractivity contribution in [2.75, 3.05) is 0 Å². The van der Waals surface area contributed by atoms with Crippen LogP contribution >= 0.6 is 0 Å². The third-order valence-corrected chi connectivity index (χ3v) is 2.17. The molecule has 64 valence electrons. The number of rotatable bonds is 2. The van der Waals surface area contributed by atoms with Crippen LogP contribution in [0.1, 0.15) is 24.2 Å². The summed E-state index contributed by atoms with van der Waals surface area (Å²) in [5, 5.41) is 9.58. The molecule has 1 aliphatic rings. The molecule has 0 unspecified atom stereocenters. The van der Waals surface area contributed by atoms with Crippen LogP contribution in [0.15, 0.2) is 12.4 Å². The van der Waals surface area contributed by atoms with E-state index in [-0.39, 0.29) is 0 Å². The van der Waals surface area contributed by atoms with E-state index in [1.807, 2.05) is 6.92 Å². The first kappa shape index (κ1) is 7.68. The minimum atomic E-state index is -0.454. The smallest absolute Gasteiger partial charge is 0.0705 e. The fourth-order valence-corrected chi connectivity index (χ4v) is 1.17. The van der Waals surface area contributed by atoms with Crippen LogP contribution in [0.4, 0.5) is 0 Å². The van der Waals surface area contributed by atoms with E-state index < -0.39 is 5.60 Å². The van der Waals surface area contributed by atoms with E-state index in [0.29, 0.717) is 6.42 Å². The molecule has 0 aliphatic heterocycles. The van der Waals surface area contributed by atoms with Gasteiger partial charge in [-0.15, -0.1) is 0 Å². The summed E-state index contributed by atoms with van der Waals surface area (Å²) in [4.78, 5) is 8.30. The zero-order valence-electron chi connectivity index (χ0n) is 7.12. The lowest BCUT2D eigenvalue weighted by Crippen LogP contribution is -2.12. The Morgan fingerprint density at radius 3 is 2.67 bits per heavy atom. The van der Waals surface area contributed by atoms with Gasteiger partial charge in [0.25, 0.3) is 0 Å². The average molecular weight is 164 g/mol. The predicted molar refractivity (Wildman–Crippen MR) is 44.7 cm³/mol. The minimum absolute atomic E-state index is 0.454. The Kier molecular flexibility index (Phi) is 1.61. The highest BCUT2D eigenvalue weighted by atomic mass is 16.3. The van der Waals surface area contributed by atoms with Crippen LogP contribution in [0.25, 0.3) is 0 Å². The Hall–Kier alpha value is -0.960. The molecule has 1 saturated carbocycles. The predicted octanol–water partition coefficient (Wildman–Crippen LogP) is 0.852. The second-order valence-corrected chi connectivity index (χ2v) is 3.55. The van der Waals surface area contributed by atoms with Crippen LogP contribution in [-0.2, 0) is 6.42 Å². The summed E-state index contributed by atoms with van der Waals surface area (Å²) >= 11 is 0. The molecule has 2 rings (SSSR count). The molecule has 3 nitrogen and oxygen atoms in total. The fraction of sp³-hybridized carbons (Fsp3) is 0.556. The lowest BCUT2D eigenvalue weighted by Gasteiger charge is -2.05. The van der Waals surface area contributed by atoms with Crippen LogP contribution in [0.2, 0.25) is 0 Å². The molecule has 0 bridgehead atoms. The van der Waals surface area contributed by atoms with E-state index in [4.69, 9.17) is 0 Å². The number of hydrogen-bond acceptors (Lipinski definition) is 3. The van der Waals surface area contributed by atoms with Crippen LogP contribution in [0, 0.1) is 6.92 Å². The summed E-state index contributed by atoms with van der Waals surface area (Å²) in [6.45, 7) is 1.91. The number of aromatic nitrogens is 2. The maximum absolute atomic E-state index is 9.58. The molecule has 1 aromatic rings. The topological polar surface area (TPSA) is 46.0 Å². The van der Waals surface area contributed by atoms with Crippen molar-refractivity contribution in [1.82, 2.24) is 9.97 Å². The summed E-state index contributed by atoms with van der Waals surface area (Å²) in [5.41, 5.74) is 1.35. The van der Waals surface area contributed by atoms with Gasteiger partial charge in [-0.25, -0.2) is 0 Å². The molecule has 1 aromatic heterocycles. The Labute approximate surface area is 71.5 Å². The molecule has 1 N–H and O–H groups in total. The van der Waals surface area contributed by atoms with Gasteiger partial charge in [0, 0.05) is 18.8 Å². The van der Waals surface area contributed by atoms with E-state index in [0.717, 1.165) is 24.2 Å². The summed E-state index contributed by atoms with van der Waals surface area (Å²) in [6, 6.07) is 0. The maximum atomic E-state index is 9.58. The monoisotopic (exact) mass is 164 g/mol. The zero-order valence-corrected chi connectivity index (χ0v) is 7.12. The van der Waals surface area contributed by atoms with Gasteiger partial charge in [0.2, 0.25) is 0 Å². The van der Waals surface area contributed by atoms with Crippen molar-refractivity contribution in [3.8, 4) is 0 Å². The highest BCUT2D eigenvalue weighted by Gasteiger charge is 2.40. The third kappa shape index (κ3) is 1.61. The van der Waals surface area contributed by atoms with E-state index >= 15 is 0 Å². The van der Waals surface area contributed by atoms with Crippen molar-refractivity contribution in [2.24, 2.45) is 0 Å². The minimum Gasteiger partial charge on any atom is -0.389 e. The number of aliphatic hydroxyl groups is 1. The molecule has 3 heteroatoms. The molecule has 0 amide bonds. The highest BCUT2D eigenvalue weighted by molar-refractivity contribution is 5.08. The second kappa shape index (κ2) is 2.52. The Bertz CT molecular complexity index is 277. The molecule has 0 spiro atoms. The first-order chi connectivity index (χ1) is 5.68. The van der Waals surface area contributed by atoms with Crippen molar-refractivity contribution >= 4 is 0 Å². The Balaban J connectivity index is 2.08. The van der Waals surface area contributed by atoms with Crippen LogP contribution in [0.3, 0.4) is 0 Å². The van der Waals surface area contributed by atoms with Crippen molar-refractivity contribution in [1.29, 1.82) is 0 Å². The third-order valence-electron chi connectivity index (χ3n) is 2.17. The Morgan fingerprint density at radius 2 is 2.17 bits per heavy atom. The summed E-state index contributed by atoms with van der Waals surface area (Å²) in [7, 11) is 0. The zero-order chi connectivity index (χ0) is 8.60. The summed E-state index contributed by atoms with van der Waals surface area (Å²) in [5.74, 6) is 0. The highest BCUT2D eigenvalue weighted by Crippen LogP contribution is 2.37. The van der Waals surface area contributed by atoms with E-state index in [1.54, 1.807) is 12.4 Å². The quantitative estimate of drug-likeness (QED) is 0.705. The van der Waals surface area contributed by atoms with Crippen molar-refractivity contribution in [3.63, 3.8) is 0 Å². The second-order valence-electron chi connectivity index (χ2n) is 3.55. The molecule has 0 atom stereocenters. The van der Waals surface area contributed by atoms with E-state index in [1.165, 1.54) is 0 Å². The van der Waals surface area contributed by atoms with Crippen LogP contribution in [0.5, 0.6) is 0 Å². The Morgan fingerprint density at radius 1 is 1.42 bits per heavy atom. The van der Waals surface area contributed by atoms with Crippen LogP contribution in [-0.4, -0.2) is 20.7 Å². The van der Waals surface area contributed by atoms with Gasteiger partial charge in [-0.05, 0) is 19.8 Å². The molecular formula is C9H12N2O. The number of nitrogens with zero attached hydrogens (tertiary/aromatic N) is 2. The van der Waals surface area contributed by atoms with Crippen LogP contribution < -0.4 is 0 Å². The van der Waals surface area contributed by atoms with Crippen molar-refractivity contribution in [3.05, 3.63) is 23.8 Å². The average Bonchev–Trinajstić information content (AvgIpc) is 2.74. The van der Waals surface area contributed by atoms with Gasteiger partial charge in [0.05, 0.1) is 17.0 Å². The molecular weight excluding hydrogens is 152 g/mol. The molecule has 0 aromatic carbocycles. The number of hydrogen-bond donors (Lipinski definition) is 1. The summed E-state index contributed by atoms with van der Waals surface area (Å²) in [6.07, 6.45) is 5.94. The fourth-order valence-electron chi connectivity index (χ4n) is 1.17. The van der Waals surface area contributed by atoms with Gasteiger partial charge >= 0.3 is 0 Å². The van der Waals surface area contributed by atoms with Crippen molar-refractivity contribution < 1.29 is 5.11 Å². The maximum Gasteiger partial charge on any atom is 0.0705 e. The first-order valence-electron chi connectivity index (χ1n) is 4.18. The van der Waals surface area contributed by atoms with Gasteiger partial charge in [-0.1, -0.05) is 0 Å².